The van der Waals surface area contributed by atoms with E-state index in [9.17, 15) is 28.7 Å². The van der Waals surface area contributed by atoms with E-state index in [0.29, 0.717) is 0 Å². The van der Waals surface area contributed by atoms with Gasteiger partial charge in [-0.05, 0) is 42.5 Å². The Bertz CT molecular complexity index is 1140. The fourth-order valence-electron chi connectivity index (χ4n) is 5.36. The van der Waals surface area contributed by atoms with Crippen LogP contribution in [0.1, 0.15) is 54.4 Å². The van der Waals surface area contributed by atoms with Crippen LogP contribution in [0.2, 0.25) is 0 Å². The zero-order chi connectivity index (χ0) is 26.4. The molecule has 1 saturated carbocycles. The maximum Gasteiger partial charge on any atom is 0.305 e. The molecule has 8 nitrogen and oxygen atoms in total. The Balaban J connectivity index is 1.60. The molecule has 2 N–H and O–H groups in total. The molecule has 37 heavy (non-hydrogen) atoms. The Morgan fingerprint density at radius 1 is 0.946 bits per heavy atom. The van der Waals surface area contributed by atoms with Crippen molar-refractivity contribution in [1.82, 2.24) is 15.1 Å². The van der Waals surface area contributed by atoms with Crippen molar-refractivity contribution in [1.29, 1.82) is 0 Å². The Morgan fingerprint density at radius 3 is 2.32 bits per heavy atom. The van der Waals surface area contributed by atoms with Crippen LogP contribution in [0, 0.1) is 11.7 Å². The minimum atomic E-state index is -1.26. The SMILES string of the molecule is O=C(O)CC(NC(=O)C1N(C(=O)Cc2ccccc2)CCN1C(=O)c1cccc(F)c1)C1CCCCC1. The van der Waals surface area contributed by atoms with Crippen molar-refractivity contribution in [3.8, 4) is 0 Å². The smallest absolute Gasteiger partial charge is 0.305 e. The molecule has 1 aliphatic carbocycles. The number of benzene rings is 2. The molecule has 0 bridgehead atoms. The molecular formula is C28H32FN3O5. The van der Waals surface area contributed by atoms with Gasteiger partial charge in [-0.2, -0.15) is 0 Å². The zero-order valence-corrected chi connectivity index (χ0v) is 20.6. The van der Waals surface area contributed by atoms with Crippen LogP contribution in [-0.2, 0) is 20.8 Å². The second kappa shape index (κ2) is 12.0. The first-order valence-corrected chi connectivity index (χ1v) is 12.8. The Morgan fingerprint density at radius 2 is 1.65 bits per heavy atom. The van der Waals surface area contributed by atoms with Crippen LogP contribution >= 0.6 is 0 Å². The maximum absolute atomic E-state index is 13.8. The van der Waals surface area contributed by atoms with E-state index in [1.165, 1.54) is 28.0 Å². The van der Waals surface area contributed by atoms with Gasteiger partial charge in [-0.1, -0.05) is 55.7 Å². The van der Waals surface area contributed by atoms with E-state index >= 15 is 0 Å². The van der Waals surface area contributed by atoms with Crippen LogP contribution in [0.25, 0.3) is 0 Å². The molecule has 1 aliphatic heterocycles. The average molecular weight is 510 g/mol. The molecule has 0 spiro atoms. The fraction of sp³-hybridized carbons (Fsp3) is 0.429. The van der Waals surface area contributed by atoms with Crippen molar-refractivity contribution in [2.24, 2.45) is 5.92 Å². The Labute approximate surface area is 215 Å². The van der Waals surface area contributed by atoms with Crippen LogP contribution in [0.3, 0.4) is 0 Å². The second-order valence-electron chi connectivity index (χ2n) is 9.74. The number of hydrogen-bond acceptors (Lipinski definition) is 4. The van der Waals surface area contributed by atoms with Gasteiger partial charge in [0.05, 0.1) is 12.8 Å². The van der Waals surface area contributed by atoms with Crippen molar-refractivity contribution in [2.75, 3.05) is 13.1 Å². The molecule has 2 aromatic carbocycles. The van der Waals surface area contributed by atoms with Gasteiger partial charge >= 0.3 is 5.97 Å². The van der Waals surface area contributed by atoms with Crippen molar-refractivity contribution >= 4 is 23.7 Å². The Kier molecular flexibility index (Phi) is 8.53. The summed E-state index contributed by atoms with van der Waals surface area (Å²) >= 11 is 0. The summed E-state index contributed by atoms with van der Waals surface area (Å²) in [5.74, 6) is -3.08. The van der Waals surface area contributed by atoms with Gasteiger partial charge in [0.15, 0.2) is 6.17 Å². The molecule has 0 radical (unpaired) electrons. The van der Waals surface area contributed by atoms with Gasteiger partial charge < -0.3 is 20.2 Å². The lowest BCUT2D eigenvalue weighted by molar-refractivity contribution is -0.143. The highest BCUT2D eigenvalue weighted by Gasteiger charge is 2.44. The summed E-state index contributed by atoms with van der Waals surface area (Å²) in [4.78, 5) is 54.6. The van der Waals surface area contributed by atoms with Crippen molar-refractivity contribution < 1.29 is 28.7 Å². The molecule has 2 aromatic rings. The predicted molar refractivity (Wildman–Crippen MR) is 134 cm³/mol. The van der Waals surface area contributed by atoms with E-state index in [1.54, 1.807) is 0 Å². The van der Waals surface area contributed by atoms with E-state index in [1.807, 2.05) is 30.3 Å². The zero-order valence-electron chi connectivity index (χ0n) is 20.6. The first-order chi connectivity index (χ1) is 17.8. The molecule has 0 aromatic heterocycles. The van der Waals surface area contributed by atoms with Crippen LogP contribution in [0.15, 0.2) is 54.6 Å². The molecule has 1 saturated heterocycles. The van der Waals surface area contributed by atoms with Crippen molar-refractivity contribution in [3.05, 3.63) is 71.5 Å². The van der Waals surface area contributed by atoms with Gasteiger partial charge in [0.1, 0.15) is 5.82 Å². The molecule has 9 heteroatoms. The second-order valence-corrected chi connectivity index (χ2v) is 9.74. The molecule has 2 fully saturated rings. The number of aliphatic carboxylic acids is 1. The topological polar surface area (TPSA) is 107 Å². The quantitative estimate of drug-likeness (QED) is 0.568. The fourth-order valence-corrected chi connectivity index (χ4v) is 5.36. The summed E-state index contributed by atoms with van der Waals surface area (Å²) in [7, 11) is 0. The van der Waals surface area contributed by atoms with Gasteiger partial charge in [-0.15, -0.1) is 0 Å². The highest BCUT2D eigenvalue weighted by Crippen LogP contribution is 2.29. The number of nitrogens with zero attached hydrogens (tertiary/aromatic N) is 2. The van der Waals surface area contributed by atoms with Gasteiger partial charge in [0, 0.05) is 24.7 Å². The summed E-state index contributed by atoms with van der Waals surface area (Å²) in [6.45, 7) is 0.235. The van der Waals surface area contributed by atoms with Gasteiger partial charge in [0.2, 0.25) is 5.91 Å². The van der Waals surface area contributed by atoms with Gasteiger partial charge in [-0.3, -0.25) is 19.2 Å². The number of halogens is 1. The number of rotatable bonds is 8. The van der Waals surface area contributed by atoms with Gasteiger partial charge in [0.25, 0.3) is 11.8 Å². The molecule has 3 amide bonds. The molecule has 4 rings (SSSR count). The van der Waals surface area contributed by atoms with E-state index in [2.05, 4.69) is 5.32 Å². The number of carboxylic acid groups (broad SMARTS) is 1. The summed E-state index contributed by atoms with van der Waals surface area (Å²) < 4.78 is 13.8. The predicted octanol–water partition coefficient (Wildman–Crippen LogP) is 3.22. The normalized spacial score (nSPS) is 18.9. The van der Waals surface area contributed by atoms with Gasteiger partial charge in [-0.25, -0.2) is 4.39 Å². The average Bonchev–Trinajstić information content (AvgIpc) is 3.34. The molecule has 2 aliphatic rings. The summed E-state index contributed by atoms with van der Waals surface area (Å²) in [5, 5.41) is 12.4. The number of nitrogens with one attached hydrogen (secondary N) is 1. The molecular weight excluding hydrogens is 477 g/mol. The van der Waals surface area contributed by atoms with Crippen LogP contribution < -0.4 is 5.32 Å². The first-order valence-electron chi connectivity index (χ1n) is 12.8. The largest absolute Gasteiger partial charge is 0.481 e. The van der Waals surface area contributed by atoms with Crippen LogP contribution in [-0.4, -0.2) is 63.9 Å². The summed E-state index contributed by atoms with van der Waals surface area (Å²) in [6, 6.07) is 13.7. The third kappa shape index (κ3) is 6.53. The maximum atomic E-state index is 13.8. The molecule has 1 heterocycles. The highest BCUT2D eigenvalue weighted by molar-refractivity contribution is 5.99. The highest BCUT2D eigenvalue weighted by atomic mass is 19.1. The number of carboxylic acids is 1. The molecule has 2 unspecified atom stereocenters. The van der Waals surface area contributed by atoms with E-state index < -0.39 is 35.8 Å². The number of amides is 3. The van der Waals surface area contributed by atoms with E-state index in [-0.39, 0.29) is 43.3 Å². The first kappa shape index (κ1) is 26.3. The molecule has 2 atom stereocenters. The van der Waals surface area contributed by atoms with E-state index in [0.717, 1.165) is 43.7 Å². The third-order valence-corrected chi connectivity index (χ3v) is 7.20. The standard InChI is InChI=1S/C28H32FN3O5/c29-22-13-7-12-21(17-22)28(37)32-15-14-31(24(33)16-19-8-3-1-4-9-19)27(32)26(36)30-23(18-25(34)35)20-10-5-2-6-11-20/h1,3-4,7-9,12-13,17,20,23,27H,2,5-6,10-11,14-16,18H2,(H,30,36)(H,34,35). The lowest BCUT2D eigenvalue weighted by atomic mass is 9.82. The number of hydrogen-bond donors (Lipinski definition) is 2. The van der Waals surface area contributed by atoms with Crippen molar-refractivity contribution in [3.63, 3.8) is 0 Å². The van der Waals surface area contributed by atoms with Crippen LogP contribution in [0.4, 0.5) is 4.39 Å². The van der Waals surface area contributed by atoms with E-state index in [4.69, 9.17) is 0 Å². The van der Waals surface area contributed by atoms with Crippen molar-refractivity contribution in [2.45, 2.75) is 57.2 Å². The lowest BCUT2D eigenvalue weighted by Crippen LogP contribution is -2.57. The van der Waals surface area contributed by atoms with Crippen LogP contribution in [0.5, 0.6) is 0 Å². The summed E-state index contributed by atoms with van der Waals surface area (Å²) in [5.41, 5.74) is 0.844. The minimum absolute atomic E-state index is 0.0102. The Hall–Kier alpha value is -3.75. The minimum Gasteiger partial charge on any atom is -0.481 e. The molecule has 196 valence electrons. The number of carbonyl (C=O) groups is 4. The monoisotopic (exact) mass is 509 g/mol. The summed E-state index contributed by atoms with van der Waals surface area (Å²) in [6.07, 6.45) is 3.18. The third-order valence-electron chi connectivity index (χ3n) is 7.20. The lowest BCUT2D eigenvalue weighted by Gasteiger charge is -2.34. The number of carbonyl (C=O) groups excluding carboxylic acids is 3.